The molecule has 4 heterocycles. The Kier molecular flexibility index (Phi) is 3.52. The van der Waals surface area contributed by atoms with Crippen LogP contribution in [0, 0.1) is 0 Å². The maximum atomic E-state index is 13.4. The van der Waals surface area contributed by atoms with Crippen molar-refractivity contribution in [3.05, 3.63) is 30.1 Å². The average Bonchev–Trinajstić information content (AvgIpc) is 3.40. The molecule has 2 saturated heterocycles. The third-order valence-corrected chi connectivity index (χ3v) is 7.18. The van der Waals surface area contributed by atoms with Gasteiger partial charge in [0.2, 0.25) is 10.0 Å². The number of nitrogens with zero attached hydrogens (tertiary/aromatic N) is 6. The molecule has 0 aliphatic carbocycles. The zero-order chi connectivity index (χ0) is 18.6. The molecule has 2 fully saturated rings. The van der Waals surface area contributed by atoms with Gasteiger partial charge in [0.1, 0.15) is 10.4 Å². The van der Waals surface area contributed by atoms with E-state index in [-0.39, 0.29) is 34.1 Å². The molecule has 2 bridgehead atoms. The fourth-order valence-corrected chi connectivity index (χ4v) is 5.99. The number of piperazine rings is 1. The first-order chi connectivity index (χ1) is 13.1. The molecule has 1 aromatic carbocycles. The summed E-state index contributed by atoms with van der Waals surface area (Å²) in [5.74, 6) is -0.250. The van der Waals surface area contributed by atoms with Crippen LogP contribution in [0.5, 0.6) is 0 Å². The van der Waals surface area contributed by atoms with Crippen LogP contribution in [0.15, 0.2) is 33.9 Å². The van der Waals surface area contributed by atoms with Crippen molar-refractivity contribution in [2.75, 3.05) is 13.1 Å². The van der Waals surface area contributed by atoms with E-state index in [9.17, 15) is 13.2 Å². The number of fused-ring (bicyclic) bond motifs is 3. The minimum Gasteiger partial charge on any atom is -0.334 e. The topological polar surface area (TPSA) is 138 Å². The van der Waals surface area contributed by atoms with Crippen LogP contribution in [0.3, 0.4) is 0 Å². The van der Waals surface area contributed by atoms with Gasteiger partial charge in [-0.05, 0) is 35.3 Å². The number of likely N-dealkylation sites (tertiary alicyclic amines) is 1. The SMILES string of the molecule is O=C(c1cn[nH]n1)N1CC2CCC(C1)N2S(=O)(=O)c1cccc2nonc12. The Morgan fingerprint density at radius 2 is 1.96 bits per heavy atom. The highest BCUT2D eigenvalue weighted by Gasteiger charge is 2.48. The first kappa shape index (κ1) is 16.3. The molecule has 5 rings (SSSR count). The van der Waals surface area contributed by atoms with E-state index in [4.69, 9.17) is 4.63 Å². The standard InChI is InChI=1S/C15H15N7O4S/c23-15(12-6-16-20-17-12)21-7-9-4-5-10(8-21)22(9)27(24,25)13-3-1-2-11-14(13)19-26-18-11/h1-3,6,9-10H,4-5,7-8H2,(H,16,17,20). The van der Waals surface area contributed by atoms with Gasteiger partial charge in [0, 0.05) is 25.2 Å². The van der Waals surface area contributed by atoms with E-state index in [2.05, 4.69) is 25.7 Å². The lowest BCUT2D eigenvalue weighted by molar-refractivity contribution is 0.0609. The molecule has 11 nitrogen and oxygen atoms in total. The summed E-state index contributed by atoms with van der Waals surface area (Å²) in [4.78, 5) is 14.3. The van der Waals surface area contributed by atoms with Crippen LogP contribution in [0.25, 0.3) is 11.0 Å². The van der Waals surface area contributed by atoms with Crippen LogP contribution in [-0.2, 0) is 10.0 Å². The number of hydrogen-bond acceptors (Lipinski definition) is 8. The quantitative estimate of drug-likeness (QED) is 0.661. The van der Waals surface area contributed by atoms with Gasteiger partial charge in [0.25, 0.3) is 5.91 Å². The molecule has 2 unspecified atom stereocenters. The largest absolute Gasteiger partial charge is 0.334 e. The Morgan fingerprint density at radius 1 is 1.19 bits per heavy atom. The summed E-state index contributed by atoms with van der Waals surface area (Å²) >= 11 is 0. The first-order valence-electron chi connectivity index (χ1n) is 8.45. The molecule has 0 saturated carbocycles. The van der Waals surface area contributed by atoms with Crippen molar-refractivity contribution in [1.82, 2.24) is 34.9 Å². The summed E-state index contributed by atoms with van der Waals surface area (Å²) in [6.45, 7) is 0.628. The van der Waals surface area contributed by atoms with Crippen LogP contribution in [0.4, 0.5) is 0 Å². The molecule has 2 aliphatic rings. The van der Waals surface area contributed by atoms with Crippen molar-refractivity contribution in [2.24, 2.45) is 0 Å². The van der Waals surface area contributed by atoms with E-state index in [1.54, 1.807) is 17.0 Å². The van der Waals surface area contributed by atoms with Crippen molar-refractivity contribution >= 4 is 27.0 Å². The predicted molar refractivity (Wildman–Crippen MR) is 89.9 cm³/mol. The molecule has 2 atom stereocenters. The fraction of sp³-hybridized carbons (Fsp3) is 0.400. The highest BCUT2D eigenvalue weighted by atomic mass is 32.2. The summed E-state index contributed by atoms with van der Waals surface area (Å²) in [5, 5.41) is 17.4. The van der Waals surface area contributed by atoms with E-state index >= 15 is 0 Å². The van der Waals surface area contributed by atoms with Crippen molar-refractivity contribution in [1.29, 1.82) is 0 Å². The van der Waals surface area contributed by atoms with Crippen LogP contribution >= 0.6 is 0 Å². The van der Waals surface area contributed by atoms with Gasteiger partial charge in [-0.25, -0.2) is 13.0 Å². The van der Waals surface area contributed by atoms with Gasteiger partial charge in [0.15, 0.2) is 11.2 Å². The van der Waals surface area contributed by atoms with Gasteiger partial charge in [-0.1, -0.05) is 6.07 Å². The number of carbonyl (C=O) groups excluding carboxylic acids is 1. The molecule has 2 aliphatic heterocycles. The second-order valence-corrected chi connectivity index (χ2v) is 8.49. The van der Waals surface area contributed by atoms with Crippen LogP contribution < -0.4 is 0 Å². The Hall–Kier alpha value is -2.86. The number of benzene rings is 1. The van der Waals surface area contributed by atoms with Crippen LogP contribution in [0.1, 0.15) is 23.3 Å². The fourth-order valence-electron chi connectivity index (χ4n) is 3.99. The number of hydrogen-bond donors (Lipinski definition) is 1. The maximum absolute atomic E-state index is 13.4. The predicted octanol–water partition coefficient (Wildman–Crippen LogP) is 0.0186. The molecule has 3 aromatic rings. The third-order valence-electron chi connectivity index (χ3n) is 5.14. The molecular formula is C15H15N7O4S. The summed E-state index contributed by atoms with van der Waals surface area (Å²) in [5.41, 5.74) is 0.838. The molecule has 0 spiro atoms. The molecule has 1 N–H and O–H groups in total. The molecule has 140 valence electrons. The van der Waals surface area contributed by atoms with E-state index in [1.165, 1.54) is 16.6 Å². The Balaban J connectivity index is 1.47. The van der Waals surface area contributed by atoms with E-state index in [0.717, 1.165) is 0 Å². The van der Waals surface area contributed by atoms with Gasteiger partial charge >= 0.3 is 0 Å². The lowest BCUT2D eigenvalue weighted by atomic mass is 10.2. The number of H-pyrrole nitrogens is 1. The summed E-state index contributed by atoms with van der Waals surface area (Å²) in [7, 11) is -3.80. The van der Waals surface area contributed by atoms with Crippen LogP contribution in [-0.4, -0.2) is 74.4 Å². The molecule has 27 heavy (non-hydrogen) atoms. The Bertz CT molecular complexity index is 1100. The van der Waals surface area contributed by atoms with E-state index in [1.807, 2.05) is 0 Å². The van der Waals surface area contributed by atoms with Crippen molar-refractivity contribution in [2.45, 2.75) is 29.8 Å². The second kappa shape index (κ2) is 5.82. The van der Waals surface area contributed by atoms with Crippen molar-refractivity contribution in [3.63, 3.8) is 0 Å². The first-order valence-corrected chi connectivity index (χ1v) is 9.89. The molecule has 12 heteroatoms. The normalized spacial score (nSPS) is 23.2. The van der Waals surface area contributed by atoms with Crippen molar-refractivity contribution in [3.8, 4) is 0 Å². The lowest BCUT2D eigenvalue weighted by Gasteiger charge is -2.39. The number of rotatable bonds is 3. The monoisotopic (exact) mass is 389 g/mol. The molecule has 0 radical (unpaired) electrons. The summed E-state index contributed by atoms with van der Waals surface area (Å²) < 4.78 is 32.9. The van der Waals surface area contributed by atoms with Crippen LogP contribution in [0.2, 0.25) is 0 Å². The highest BCUT2D eigenvalue weighted by Crippen LogP contribution is 2.37. The van der Waals surface area contributed by atoms with Gasteiger partial charge in [-0.3, -0.25) is 4.79 Å². The number of carbonyl (C=O) groups is 1. The Labute approximate surface area is 153 Å². The molecule has 2 aromatic heterocycles. The number of nitrogens with one attached hydrogen (secondary N) is 1. The average molecular weight is 389 g/mol. The smallest absolute Gasteiger partial charge is 0.276 e. The summed E-state index contributed by atoms with van der Waals surface area (Å²) in [6, 6.07) is 4.19. The molecule has 1 amide bonds. The zero-order valence-corrected chi connectivity index (χ0v) is 14.8. The second-order valence-electron chi connectivity index (χ2n) is 6.67. The van der Waals surface area contributed by atoms with Gasteiger partial charge in [-0.15, -0.1) is 0 Å². The van der Waals surface area contributed by atoms with E-state index in [0.29, 0.717) is 31.4 Å². The van der Waals surface area contributed by atoms with Gasteiger partial charge in [0.05, 0.1) is 6.20 Å². The van der Waals surface area contributed by atoms with E-state index < -0.39 is 10.0 Å². The minimum absolute atomic E-state index is 0.0782. The molecular weight excluding hydrogens is 374 g/mol. The lowest BCUT2D eigenvalue weighted by Crippen LogP contribution is -2.57. The number of aromatic nitrogens is 5. The van der Waals surface area contributed by atoms with Gasteiger partial charge in [-0.2, -0.15) is 19.7 Å². The Morgan fingerprint density at radius 3 is 2.67 bits per heavy atom. The van der Waals surface area contributed by atoms with Gasteiger partial charge < -0.3 is 4.90 Å². The zero-order valence-electron chi connectivity index (χ0n) is 14.0. The summed E-state index contributed by atoms with van der Waals surface area (Å²) in [6.07, 6.45) is 2.75. The number of amides is 1. The maximum Gasteiger partial charge on any atom is 0.276 e. The third kappa shape index (κ3) is 2.44. The van der Waals surface area contributed by atoms with Crippen molar-refractivity contribution < 1.29 is 17.8 Å². The number of sulfonamides is 1. The minimum atomic E-state index is -3.80. The number of aromatic amines is 1. The highest BCUT2D eigenvalue weighted by molar-refractivity contribution is 7.89.